The molecule has 0 radical (unpaired) electrons. The van der Waals surface area contributed by atoms with Gasteiger partial charge in [-0.3, -0.25) is 10.1 Å². The number of amides is 1. The molecule has 0 aliphatic rings. The second kappa shape index (κ2) is 13.5. The molecule has 7 nitrogen and oxygen atoms in total. The van der Waals surface area contributed by atoms with Crippen LogP contribution >= 0.6 is 12.2 Å². The Balaban J connectivity index is 1.83. The third-order valence-electron chi connectivity index (χ3n) is 4.53. The molecule has 2 aromatic rings. The number of carbonyl (C=O) groups excluding carboxylic acids is 1. The summed E-state index contributed by atoms with van der Waals surface area (Å²) in [5.41, 5.74) is 1.44. The Morgan fingerprint density at radius 1 is 0.969 bits per heavy atom. The van der Waals surface area contributed by atoms with Crippen molar-refractivity contribution in [2.75, 3.05) is 34.0 Å². The van der Waals surface area contributed by atoms with Gasteiger partial charge in [-0.05, 0) is 66.5 Å². The lowest BCUT2D eigenvalue weighted by molar-refractivity contribution is 0.0976. The number of carbonyl (C=O) groups is 1. The summed E-state index contributed by atoms with van der Waals surface area (Å²) in [7, 11) is 3.23. The molecule has 0 saturated carbocycles. The smallest absolute Gasteiger partial charge is 0.257 e. The molecular formula is C24H32N2O5S. The molecule has 0 aliphatic heterocycles. The summed E-state index contributed by atoms with van der Waals surface area (Å²) in [5, 5.41) is 5.96. The van der Waals surface area contributed by atoms with Crippen LogP contribution in [0.1, 0.15) is 36.2 Å². The second-order valence-corrected chi connectivity index (χ2v) is 7.93. The van der Waals surface area contributed by atoms with E-state index in [1.807, 2.05) is 18.2 Å². The maximum Gasteiger partial charge on any atom is 0.257 e. The van der Waals surface area contributed by atoms with Gasteiger partial charge in [0.25, 0.3) is 5.91 Å². The van der Waals surface area contributed by atoms with Gasteiger partial charge in [0.1, 0.15) is 12.4 Å². The van der Waals surface area contributed by atoms with Crippen molar-refractivity contribution in [2.24, 2.45) is 5.92 Å². The highest BCUT2D eigenvalue weighted by molar-refractivity contribution is 7.80. The Hall–Kier alpha value is -2.84. The van der Waals surface area contributed by atoms with Gasteiger partial charge in [0.2, 0.25) is 0 Å². The zero-order chi connectivity index (χ0) is 23.3. The molecule has 0 atom stereocenters. The van der Waals surface area contributed by atoms with Crippen LogP contribution in [0.2, 0.25) is 0 Å². The number of hydrogen-bond donors (Lipinski definition) is 2. The molecule has 0 spiro atoms. The summed E-state index contributed by atoms with van der Waals surface area (Å²) in [6.07, 6.45) is 0.976. The van der Waals surface area contributed by atoms with E-state index < -0.39 is 0 Å². The van der Waals surface area contributed by atoms with E-state index in [1.54, 1.807) is 38.5 Å². The Kier molecular flexibility index (Phi) is 10.8. The van der Waals surface area contributed by atoms with Gasteiger partial charge < -0.3 is 24.3 Å². The molecule has 0 bridgehead atoms. The summed E-state index contributed by atoms with van der Waals surface area (Å²) in [6.45, 7) is 6.35. The number of rotatable bonds is 12. The average molecular weight is 461 g/mol. The molecule has 32 heavy (non-hydrogen) atoms. The van der Waals surface area contributed by atoms with Crippen LogP contribution in [0.25, 0.3) is 0 Å². The van der Waals surface area contributed by atoms with Crippen molar-refractivity contribution >= 4 is 23.2 Å². The van der Waals surface area contributed by atoms with E-state index in [2.05, 4.69) is 24.5 Å². The normalized spacial score (nSPS) is 10.5. The Labute approximate surface area is 195 Å². The van der Waals surface area contributed by atoms with E-state index in [0.717, 1.165) is 12.0 Å². The number of ether oxygens (including phenoxy) is 4. The zero-order valence-corrected chi connectivity index (χ0v) is 19.9. The van der Waals surface area contributed by atoms with Crippen LogP contribution in [0.3, 0.4) is 0 Å². The standard InChI is InChI=1S/C24H32N2O5S/c1-17(2)11-12-31-21-10-5-18(15-22(21)29-4)16-25-24(32)26-23(27)19-6-8-20(9-7-19)30-14-13-28-3/h5-10,15,17H,11-14,16H2,1-4H3,(H2,25,26,27,32). The molecule has 2 rings (SSSR count). The van der Waals surface area contributed by atoms with Crippen LogP contribution in [-0.4, -0.2) is 45.1 Å². The van der Waals surface area contributed by atoms with Gasteiger partial charge in [-0.2, -0.15) is 0 Å². The van der Waals surface area contributed by atoms with E-state index in [1.165, 1.54) is 0 Å². The lowest BCUT2D eigenvalue weighted by Gasteiger charge is -2.14. The monoisotopic (exact) mass is 460 g/mol. The third-order valence-corrected chi connectivity index (χ3v) is 4.78. The van der Waals surface area contributed by atoms with Crippen molar-refractivity contribution in [1.29, 1.82) is 0 Å². The Morgan fingerprint density at radius 2 is 1.72 bits per heavy atom. The molecule has 2 aromatic carbocycles. The fourth-order valence-corrected chi connectivity index (χ4v) is 2.86. The van der Waals surface area contributed by atoms with Crippen molar-refractivity contribution in [3.05, 3.63) is 53.6 Å². The first kappa shape index (κ1) is 25.4. The van der Waals surface area contributed by atoms with Crippen molar-refractivity contribution in [1.82, 2.24) is 10.6 Å². The van der Waals surface area contributed by atoms with E-state index in [4.69, 9.17) is 31.2 Å². The molecule has 2 N–H and O–H groups in total. The summed E-state index contributed by atoms with van der Waals surface area (Å²) in [6, 6.07) is 12.5. The minimum atomic E-state index is -0.294. The molecule has 1 amide bonds. The first-order valence-electron chi connectivity index (χ1n) is 10.5. The van der Waals surface area contributed by atoms with Crippen LogP contribution in [0.5, 0.6) is 17.2 Å². The molecule has 0 aromatic heterocycles. The van der Waals surface area contributed by atoms with E-state index in [0.29, 0.717) is 55.1 Å². The van der Waals surface area contributed by atoms with Crippen LogP contribution in [0, 0.1) is 5.92 Å². The molecule has 0 fully saturated rings. The number of thiocarbonyl (C=S) groups is 1. The minimum absolute atomic E-state index is 0.242. The van der Waals surface area contributed by atoms with Crippen LogP contribution in [-0.2, 0) is 11.3 Å². The summed E-state index contributed by atoms with van der Waals surface area (Å²) >= 11 is 5.26. The summed E-state index contributed by atoms with van der Waals surface area (Å²) < 4.78 is 21.7. The summed E-state index contributed by atoms with van der Waals surface area (Å²) in [5.74, 6) is 2.33. The highest BCUT2D eigenvalue weighted by atomic mass is 32.1. The molecule has 8 heteroatoms. The van der Waals surface area contributed by atoms with Gasteiger partial charge in [0.05, 0.1) is 20.3 Å². The topological polar surface area (TPSA) is 78.1 Å². The van der Waals surface area contributed by atoms with Gasteiger partial charge in [-0.15, -0.1) is 0 Å². The second-order valence-electron chi connectivity index (χ2n) is 7.52. The number of methoxy groups -OCH3 is 2. The van der Waals surface area contributed by atoms with Crippen molar-refractivity contribution in [3.63, 3.8) is 0 Å². The largest absolute Gasteiger partial charge is 0.493 e. The quantitative estimate of drug-likeness (QED) is 0.367. The van der Waals surface area contributed by atoms with Crippen molar-refractivity contribution in [2.45, 2.75) is 26.8 Å². The fraction of sp³-hybridized carbons (Fsp3) is 0.417. The first-order valence-corrected chi connectivity index (χ1v) is 10.9. The predicted octanol–water partition coefficient (Wildman–Crippen LogP) is 3.95. The molecule has 0 heterocycles. The molecule has 0 aliphatic carbocycles. The van der Waals surface area contributed by atoms with E-state index in [9.17, 15) is 4.79 Å². The number of nitrogens with one attached hydrogen (secondary N) is 2. The maximum absolute atomic E-state index is 12.4. The molecule has 0 saturated heterocycles. The average Bonchev–Trinajstić information content (AvgIpc) is 2.78. The minimum Gasteiger partial charge on any atom is -0.493 e. The highest BCUT2D eigenvalue weighted by Crippen LogP contribution is 2.28. The van der Waals surface area contributed by atoms with Crippen LogP contribution < -0.4 is 24.8 Å². The molecule has 0 unspecified atom stereocenters. The van der Waals surface area contributed by atoms with E-state index in [-0.39, 0.29) is 11.0 Å². The fourth-order valence-electron chi connectivity index (χ4n) is 2.69. The lowest BCUT2D eigenvalue weighted by Crippen LogP contribution is -2.38. The first-order chi connectivity index (χ1) is 15.4. The van der Waals surface area contributed by atoms with Gasteiger partial charge in [0.15, 0.2) is 16.6 Å². The van der Waals surface area contributed by atoms with E-state index >= 15 is 0 Å². The lowest BCUT2D eigenvalue weighted by atomic mass is 10.1. The predicted molar refractivity (Wildman–Crippen MR) is 129 cm³/mol. The van der Waals surface area contributed by atoms with Crippen molar-refractivity contribution < 1.29 is 23.7 Å². The van der Waals surface area contributed by atoms with Crippen LogP contribution in [0.4, 0.5) is 0 Å². The Morgan fingerprint density at radius 3 is 2.38 bits per heavy atom. The molecule has 174 valence electrons. The van der Waals surface area contributed by atoms with Gasteiger partial charge in [-0.1, -0.05) is 19.9 Å². The number of benzene rings is 2. The van der Waals surface area contributed by atoms with Gasteiger partial charge >= 0.3 is 0 Å². The Bertz CT molecular complexity index is 871. The van der Waals surface area contributed by atoms with Gasteiger partial charge in [-0.25, -0.2) is 0 Å². The third kappa shape index (κ3) is 8.72. The van der Waals surface area contributed by atoms with Gasteiger partial charge in [0, 0.05) is 19.2 Å². The summed E-state index contributed by atoms with van der Waals surface area (Å²) in [4.78, 5) is 12.4. The SMILES string of the molecule is COCCOc1ccc(C(=O)NC(=S)NCc2ccc(OCCC(C)C)c(OC)c2)cc1. The van der Waals surface area contributed by atoms with Crippen LogP contribution in [0.15, 0.2) is 42.5 Å². The van der Waals surface area contributed by atoms with Crippen molar-refractivity contribution in [3.8, 4) is 17.2 Å². The number of hydrogen-bond acceptors (Lipinski definition) is 6. The molecular weight excluding hydrogens is 428 g/mol. The zero-order valence-electron chi connectivity index (χ0n) is 19.1. The maximum atomic E-state index is 12.4. The highest BCUT2D eigenvalue weighted by Gasteiger charge is 2.10.